The number of aliphatic hydroxyl groups excluding tert-OH is 1. The molecule has 0 fully saturated rings. The van der Waals surface area contributed by atoms with Gasteiger partial charge in [-0.2, -0.15) is 0 Å². The molecule has 0 radical (unpaired) electrons. The molecule has 1 N–H and O–H groups in total. The number of aromatic nitrogens is 1. The fourth-order valence-corrected chi connectivity index (χ4v) is 5.94. The molecule has 1 aromatic heterocycles. The van der Waals surface area contributed by atoms with Crippen molar-refractivity contribution < 1.29 is 18.4 Å². The van der Waals surface area contributed by atoms with Crippen LogP contribution in [0.25, 0.3) is 22.2 Å². The van der Waals surface area contributed by atoms with E-state index in [4.69, 9.17) is 0 Å². The Labute approximate surface area is 208 Å². The molecule has 0 saturated heterocycles. The Hall–Kier alpha value is -4.27. The topological polar surface area (TPSA) is 102 Å². The number of nitrogens with zero attached hydrogens (tertiary/aromatic N) is 2. The molecule has 0 amide bonds. The van der Waals surface area contributed by atoms with E-state index in [1.807, 2.05) is 13.0 Å². The van der Waals surface area contributed by atoms with Gasteiger partial charge in [0.2, 0.25) is 0 Å². The summed E-state index contributed by atoms with van der Waals surface area (Å²) in [6, 6.07) is 28.3. The zero-order valence-electron chi connectivity index (χ0n) is 19.3. The predicted molar refractivity (Wildman–Crippen MR) is 138 cm³/mol. The Morgan fingerprint density at radius 3 is 2.08 bits per heavy atom. The second-order valence-electron chi connectivity index (χ2n) is 8.48. The molecule has 36 heavy (non-hydrogen) atoms. The SMILES string of the molecule is Cc1ccc(S(=O)(=O)n2c(-c3ccccc3)c(C(O)c3ccc([N+](=O)[O-])cc3)c3ccccc32)cc1. The summed E-state index contributed by atoms with van der Waals surface area (Å²) in [4.78, 5) is 10.7. The molecular weight excluding hydrogens is 476 g/mol. The van der Waals surface area contributed by atoms with E-state index in [9.17, 15) is 23.6 Å². The molecule has 0 saturated carbocycles. The summed E-state index contributed by atoms with van der Waals surface area (Å²) in [5, 5.41) is 23.2. The van der Waals surface area contributed by atoms with Gasteiger partial charge in [0.05, 0.1) is 21.0 Å². The van der Waals surface area contributed by atoms with Crippen LogP contribution in [0.3, 0.4) is 0 Å². The molecule has 1 heterocycles. The van der Waals surface area contributed by atoms with Crippen LogP contribution in [0.1, 0.15) is 22.8 Å². The van der Waals surface area contributed by atoms with Gasteiger partial charge in [-0.25, -0.2) is 12.4 Å². The van der Waals surface area contributed by atoms with Crippen molar-refractivity contribution in [2.24, 2.45) is 0 Å². The first-order valence-corrected chi connectivity index (χ1v) is 12.7. The van der Waals surface area contributed by atoms with E-state index in [1.54, 1.807) is 72.8 Å². The lowest BCUT2D eigenvalue weighted by atomic mass is 9.96. The highest BCUT2D eigenvalue weighted by Gasteiger charge is 2.31. The number of aliphatic hydroxyl groups is 1. The highest BCUT2D eigenvalue weighted by Crippen LogP contribution is 2.42. The molecule has 4 aromatic carbocycles. The van der Waals surface area contributed by atoms with E-state index in [-0.39, 0.29) is 10.6 Å². The van der Waals surface area contributed by atoms with Crippen LogP contribution < -0.4 is 0 Å². The maximum absolute atomic E-state index is 14.1. The first-order valence-electron chi connectivity index (χ1n) is 11.2. The Morgan fingerprint density at radius 1 is 0.833 bits per heavy atom. The van der Waals surface area contributed by atoms with Gasteiger partial charge < -0.3 is 5.11 Å². The van der Waals surface area contributed by atoms with E-state index in [0.29, 0.717) is 33.3 Å². The fourth-order valence-electron chi connectivity index (χ4n) is 4.39. The molecule has 0 aliphatic carbocycles. The first kappa shape index (κ1) is 23.5. The molecule has 0 bridgehead atoms. The number of hydrogen-bond donors (Lipinski definition) is 1. The lowest BCUT2D eigenvalue weighted by Crippen LogP contribution is -2.15. The third-order valence-electron chi connectivity index (χ3n) is 6.17. The summed E-state index contributed by atoms with van der Waals surface area (Å²) in [5.41, 5.74) is 3.02. The van der Waals surface area contributed by atoms with Gasteiger partial charge in [-0.15, -0.1) is 0 Å². The standard InChI is InChI=1S/C28H22N2O5S/c1-19-11-17-23(18-12-19)36(34,35)29-25-10-6-5-9-24(25)26(27(29)20-7-3-2-4-8-20)28(31)21-13-15-22(16-14-21)30(32)33/h2-18,28,31H,1H3. The molecule has 0 aliphatic heterocycles. The van der Waals surface area contributed by atoms with Crippen LogP contribution in [-0.4, -0.2) is 22.4 Å². The molecule has 5 rings (SSSR count). The van der Waals surface area contributed by atoms with Gasteiger partial charge in [0.15, 0.2) is 0 Å². The lowest BCUT2D eigenvalue weighted by Gasteiger charge is -2.17. The molecule has 1 unspecified atom stereocenters. The molecule has 180 valence electrons. The summed E-state index contributed by atoms with van der Waals surface area (Å²) in [7, 11) is -4.06. The Balaban J connectivity index is 1.84. The highest BCUT2D eigenvalue weighted by atomic mass is 32.2. The van der Waals surface area contributed by atoms with Crippen molar-refractivity contribution in [2.45, 2.75) is 17.9 Å². The number of nitro benzene ring substituents is 1. The third-order valence-corrected chi connectivity index (χ3v) is 7.90. The molecule has 1 atom stereocenters. The smallest absolute Gasteiger partial charge is 0.269 e. The first-order chi connectivity index (χ1) is 17.3. The summed E-state index contributed by atoms with van der Waals surface area (Å²) in [6.45, 7) is 1.88. The Morgan fingerprint density at radius 2 is 1.44 bits per heavy atom. The second-order valence-corrected chi connectivity index (χ2v) is 10.3. The van der Waals surface area contributed by atoms with Gasteiger partial charge in [0.25, 0.3) is 15.7 Å². The minimum atomic E-state index is -4.06. The molecule has 8 heteroatoms. The van der Waals surface area contributed by atoms with E-state index >= 15 is 0 Å². The zero-order chi connectivity index (χ0) is 25.4. The lowest BCUT2D eigenvalue weighted by molar-refractivity contribution is -0.384. The van der Waals surface area contributed by atoms with Crippen LogP contribution in [0.4, 0.5) is 5.69 Å². The van der Waals surface area contributed by atoms with Gasteiger partial charge in [-0.1, -0.05) is 66.2 Å². The van der Waals surface area contributed by atoms with Crippen molar-refractivity contribution in [1.82, 2.24) is 3.97 Å². The van der Waals surface area contributed by atoms with Crippen molar-refractivity contribution in [3.05, 3.63) is 130 Å². The third kappa shape index (κ3) is 3.96. The Kier molecular flexibility index (Phi) is 5.91. The van der Waals surface area contributed by atoms with E-state index < -0.39 is 21.1 Å². The second kappa shape index (κ2) is 9.07. The number of fused-ring (bicyclic) bond motifs is 1. The number of rotatable bonds is 6. The fraction of sp³-hybridized carbons (Fsp3) is 0.0714. The summed E-state index contributed by atoms with van der Waals surface area (Å²) in [5.74, 6) is 0. The zero-order valence-corrected chi connectivity index (χ0v) is 20.1. The number of para-hydroxylation sites is 1. The van der Waals surface area contributed by atoms with Crippen LogP contribution in [0.5, 0.6) is 0 Å². The van der Waals surface area contributed by atoms with Gasteiger partial charge in [-0.05, 0) is 48.4 Å². The van der Waals surface area contributed by atoms with Crippen molar-refractivity contribution in [2.75, 3.05) is 0 Å². The van der Waals surface area contributed by atoms with E-state index in [2.05, 4.69) is 0 Å². The van der Waals surface area contributed by atoms with Crippen LogP contribution in [0, 0.1) is 17.0 Å². The number of aryl methyl sites for hydroxylation is 1. The van der Waals surface area contributed by atoms with E-state index in [0.717, 1.165) is 5.56 Å². The summed E-state index contributed by atoms with van der Waals surface area (Å²) in [6.07, 6.45) is -1.24. The van der Waals surface area contributed by atoms with Gasteiger partial charge in [0, 0.05) is 23.1 Å². The quantitative estimate of drug-likeness (QED) is 0.234. The van der Waals surface area contributed by atoms with E-state index in [1.165, 1.54) is 28.2 Å². The maximum Gasteiger partial charge on any atom is 0.269 e. The maximum atomic E-state index is 14.1. The average Bonchev–Trinajstić information content (AvgIpc) is 3.25. The van der Waals surface area contributed by atoms with Gasteiger partial charge >= 0.3 is 0 Å². The van der Waals surface area contributed by atoms with Crippen molar-refractivity contribution >= 4 is 26.6 Å². The van der Waals surface area contributed by atoms with Crippen molar-refractivity contribution in [3.63, 3.8) is 0 Å². The van der Waals surface area contributed by atoms with Crippen LogP contribution in [0.15, 0.2) is 108 Å². The summed E-state index contributed by atoms with van der Waals surface area (Å²) >= 11 is 0. The van der Waals surface area contributed by atoms with Crippen molar-refractivity contribution in [3.8, 4) is 11.3 Å². The molecule has 0 spiro atoms. The average molecular weight is 499 g/mol. The molecular formula is C28H22N2O5S. The number of hydrogen-bond acceptors (Lipinski definition) is 5. The highest BCUT2D eigenvalue weighted by molar-refractivity contribution is 7.90. The number of benzene rings is 4. The number of nitro groups is 1. The molecule has 0 aliphatic rings. The molecule has 7 nitrogen and oxygen atoms in total. The Bertz CT molecular complexity index is 1670. The van der Waals surface area contributed by atoms with Crippen molar-refractivity contribution in [1.29, 1.82) is 0 Å². The van der Waals surface area contributed by atoms with Crippen LogP contribution in [0.2, 0.25) is 0 Å². The van der Waals surface area contributed by atoms with Crippen LogP contribution in [-0.2, 0) is 10.0 Å². The van der Waals surface area contributed by atoms with Gasteiger partial charge in [0.1, 0.15) is 6.10 Å². The monoisotopic (exact) mass is 498 g/mol. The number of non-ortho nitro benzene ring substituents is 1. The normalized spacial score (nSPS) is 12.5. The van der Waals surface area contributed by atoms with Crippen LogP contribution >= 0.6 is 0 Å². The largest absolute Gasteiger partial charge is 0.384 e. The minimum Gasteiger partial charge on any atom is -0.384 e. The minimum absolute atomic E-state index is 0.0985. The molecule has 5 aromatic rings. The summed E-state index contributed by atoms with van der Waals surface area (Å²) < 4.78 is 29.4. The van der Waals surface area contributed by atoms with Gasteiger partial charge in [-0.3, -0.25) is 10.1 Å². The predicted octanol–water partition coefficient (Wildman–Crippen LogP) is 5.84.